The lowest BCUT2D eigenvalue weighted by Crippen LogP contribution is -2.01. The fraction of sp³-hybridized carbons (Fsp3) is 0.273. The molecule has 0 fully saturated rings. The molecule has 0 saturated carbocycles. The zero-order chi connectivity index (χ0) is 11.1. The highest BCUT2D eigenvalue weighted by atomic mass is 32.1. The quantitative estimate of drug-likeness (QED) is 0.867. The fourth-order valence-electron chi connectivity index (χ4n) is 2.16. The topological polar surface area (TPSA) is 55.1 Å². The molecule has 0 atom stereocenters. The Hall–Kier alpha value is -1.62. The van der Waals surface area contributed by atoms with Gasteiger partial charge in [-0.3, -0.25) is 4.68 Å². The number of aromatic carboxylic acids is 1. The van der Waals surface area contributed by atoms with E-state index in [4.69, 9.17) is 5.11 Å². The van der Waals surface area contributed by atoms with Crippen LogP contribution in [0.1, 0.15) is 22.6 Å². The van der Waals surface area contributed by atoms with Crippen molar-refractivity contribution in [2.75, 3.05) is 0 Å². The van der Waals surface area contributed by atoms with Gasteiger partial charge in [0, 0.05) is 22.7 Å². The normalized spacial score (nSPS) is 14.0. The van der Waals surface area contributed by atoms with Gasteiger partial charge in [-0.05, 0) is 24.3 Å². The van der Waals surface area contributed by atoms with Crippen LogP contribution in [-0.4, -0.2) is 20.9 Å². The van der Waals surface area contributed by atoms with E-state index in [1.807, 2.05) is 22.2 Å². The number of nitrogens with zero attached hydrogens (tertiary/aromatic N) is 2. The lowest BCUT2D eigenvalue weighted by atomic mass is 10.1. The molecule has 0 aliphatic carbocycles. The van der Waals surface area contributed by atoms with E-state index in [0.29, 0.717) is 0 Å². The lowest BCUT2D eigenvalue weighted by Gasteiger charge is -1.98. The Labute approximate surface area is 96.1 Å². The van der Waals surface area contributed by atoms with Crippen molar-refractivity contribution in [3.63, 3.8) is 0 Å². The number of carbonyl (C=O) groups is 1. The third kappa shape index (κ3) is 1.28. The Kier molecular flexibility index (Phi) is 2.07. The van der Waals surface area contributed by atoms with Crippen molar-refractivity contribution in [1.29, 1.82) is 0 Å². The first kappa shape index (κ1) is 9.59. The molecule has 0 saturated heterocycles. The number of thiophene rings is 1. The van der Waals surface area contributed by atoms with Crippen molar-refractivity contribution in [2.45, 2.75) is 19.4 Å². The summed E-state index contributed by atoms with van der Waals surface area (Å²) in [5.41, 5.74) is 2.08. The zero-order valence-electron chi connectivity index (χ0n) is 8.51. The van der Waals surface area contributed by atoms with Gasteiger partial charge in [0.2, 0.25) is 0 Å². The number of hydrogen-bond donors (Lipinski definition) is 1. The largest absolute Gasteiger partial charge is 0.476 e. The van der Waals surface area contributed by atoms with Crippen LogP contribution in [0.2, 0.25) is 0 Å². The van der Waals surface area contributed by atoms with Crippen LogP contribution in [0.4, 0.5) is 0 Å². The molecule has 0 bridgehead atoms. The van der Waals surface area contributed by atoms with Crippen molar-refractivity contribution in [1.82, 2.24) is 9.78 Å². The van der Waals surface area contributed by atoms with E-state index in [9.17, 15) is 4.79 Å². The van der Waals surface area contributed by atoms with Crippen molar-refractivity contribution in [3.8, 4) is 10.4 Å². The van der Waals surface area contributed by atoms with E-state index in [-0.39, 0.29) is 5.69 Å². The van der Waals surface area contributed by atoms with Gasteiger partial charge in [-0.2, -0.15) is 5.10 Å². The summed E-state index contributed by atoms with van der Waals surface area (Å²) in [6.07, 6.45) is 1.98. The molecule has 1 aliphatic heterocycles. The average molecular weight is 234 g/mol. The van der Waals surface area contributed by atoms with Crippen LogP contribution in [0.3, 0.4) is 0 Å². The molecule has 0 unspecified atom stereocenters. The number of hydrogen-bond acceptors (Lipinski definition) is 3. The summed E-state index contributed by atoms with van der Waals surface area (Å²) in [6, 6.07) is 3.89. The van der Waals surface area contributed by atoms with Gasteiger partial charge in [0.05, 0.1) is 0 Å². The molecule has 4 nitrogen and oxygen atoms in total. The van der Waals surface area contributed by atoms with Gasteiger partial charge in [0.15, 0.2) is 5.69 Å². The number of carboxylic acid groups (broad SMARTS) is 1. The van der Waals surface area contributed by atoms with Gasteiger partial charge in [0.1, 0.15) is 0 Å². The van der Waals surface area contributed by atoms with Gasteiger partial charge >= 0.3 is 5.97 Å². The molecule has 16 heavy (non-hydrogen) atoms. The van der Waals surface area contributed by atoms with Gasteiger partial charge in [-0.25, -0.2) is 4.79 Å². The first-order chi connectivity index (χ1) is 7.77. The Bertz CT molecular complexity index is 543. The van der Waals surface area contributed by atoms with Crippen LogP contribution >= 0.6 is 11.3 Å². The second-order valence-corrected chi connectivity index (χ2v) is 4.73. The highest BCUT2D eigenvalue weighted by molar-refractivity contribution is 7.13. The number of aromatic nitrogens is 2. The van der Waals surface area contributed by atoms with Gasteiger partial charge in [-0.1, -0.05) is 6.07 Å². The molecule has 82 valence electrons. The van der Waals surface area contributed by atoms with E-state index in [1.165, 1.54) is 0 Å². The predicted octanol–water partition coefficient (Wildman–Crippen LogP) is 2.26. The Balaban J connectivity index is 2.25. The summed E-state index contributed by atoms with van der Waals surface area (Å²) < 4.78 is 1.83. The van der Waals surface area contributed by atoms with Crippen LogP contribution in [-0.2, 0) is 13.0 Å². The van der Waals surface area contributed by atoms with Crippen molar-refractivity contribution < 1.29 is 9.90 Å². The van der Waals surface area contributed by atoms with Crippen molar-refractivity contribution in [2.24, 2.45) is 0 Å². The molecular formula is C11H10N2O2S. The van der Waals surface area contributed by atoms with E-state index >= 15 is 0 Å². The maximum Gasteiger partial charge on any atom is 0.357 e. The van der Waals surface area contributed by atoms with E-state index in [1.54, 1.807) is 11.3 Å². The molecule has 1 N–H and O–H groups in total. The molecule has 0 aromatic carbocycles. The molecule has 2 aromatic heterocycles. The minimum absolute atomic E-state index is 0.192. The summed E-state index contributed by atoms with van der Waals surface area (Å²) in [5, 5.41) is 15.3. The average Bonchev–Trinajstić information content (AvgIpc) is 2.92. The van der Waals surface area contributed by atoms with Gasteiger partial charge < -0.3 is 5.11 Å². The summed E-state index contributed by atoms with van der Waals surface area (Å²) in [5.74, 6) is -0.940. The summed E-state index contributed by atoms with van der Waals surface area (Å²) in [4.78, 5) is 12.2. The van der Waals surface area contributed by atoms with Crippen LogP contribution in [0.5, 0.6) is 0 Å². The highest BCUT2D eigenvalue weighted by Gasteiger charge is 2.26. The number of fused-ring (bicyclic) bond motifs is 1. The van der Waals surface area contributed by atoms with E-state index in [2.05, 4.69) is 5.10 Å². The summed E-state index contributed by atoms with van der Waals surface area (Å²) in [7, 11) is 0. The third-order valence-electron chi connectivity index (χ3n) is 2.81. The Morgan fingerprint density at radius 1 is 1.56 bits per heavy atom. The number of aryl methyl sites for hydroxylation is 1. The van der Waals surface area contributed by atoms with Crippen LogP contribution in [0, 0.1) is 0 Å². The first-order valence-electron chi connectivity index (χ1n) is 5.14. The summed E-state index contributed by atoms with van der Waals surface area (Å²) in [6.45, 7) is 0.834. The Morgan fingerprint density at radius 2 is 2.44 bits per heavy atom. The molecule has 1 aliphatic rings. The van der Waals surface area contributed by atoms with Crippen LogP contribution < -0.4 is 0 Å². The van der Waals surface area contributed by atoms with Crippen LogP contribution in [0.25, 0.3) is 10.4 Å². The highest BCUT2D eigenvalue weighted by Crippen LogP contribution is 2.34. The van der Waals surface area contributed by atoms with E-state index < -0.39 is 5.97 Å². The second kappa shape index (κ2) is 3.45. The molecule has 0 radical (unpaired) electrons. The maximum atomic E-state index is 11.2. The van der Waals surface area contributed by atoms with E-state index in [0.717, 1.165) is 35.5 Å². The summed E-state index contributed by atoms with van der Waals surface area (Å²) >= 11 is 1.56. The first-order valence-corrected chi connectivity index (χ1v) is 6.02. The minimum atomic E-state index is -0.940. The minimum Gasteiger partial charge on any atom is -0.476 e. The fourth-order valence-corrected chi connectivity index (χ4v) is 2.95. The van der Waals surface area contributed by atoms with Gasteiger partial charge in [0.25, 0.3) is 0 Å². The smallest absolute Gasteiger partial charge is 0.357 e. The van der Waals surface area contributed by atoms with Crippen LogP contribution in [0.15, 0.2) is 17.5 Å². The molecule has 0 amide bonds. The number of carboxylic acids is 1. The SMILES string of the molecule is O=C(O)c1nn2c(c1-c1cccs1)CCC2. The van der Waals surface area contributed by atoms with Crippen molar-refractivity contribution in [3.05, 3.63) is 28.9 Å². The predicted molar refractivity (Wildman–Crippen MR) is 60.8 cm³/mol. The molecule has 3 rings (SSSR count). The molecule has 5 heteroatoms. The monoisotopic (exact) mass is 234 g/mol. The maximum absolute atomic E-state index is 11.2. The molecule has 2 aromatic rings. The Morgan fingerprint density at radius 3 is 3.12 bits per heavy atom. The standard InChI is InChI=1S/C11H10N2O2S/c14-11(15)10-9(8-4-2-6-16-8)7-3-1-5-13(7)12-10/h2,4,6H,1,3,5H2,(H,14,15). The lowest BCUT2D eigenvalue weighted by molar-refractivity contribution is 0.0690. The second-order valence-electron chi connectivity index (χ2n) is 3.78. The molecule has 3 heterocycles. The molecular weight excluding hydrogens is 224 g/mol. The van der Waals surface area contributed by atoms with Crippen molar-refractivity contribution >= 4 is 17.3 Å². The van der Waals surface area contributed by atoms with Gasteiger partial charge in [-0.15, -0.1) is 11.3 Å². The third-order valence-corrected chi connectivity index (χ3v) is 3.70. The number of rotatable bonds is 2. The zero-order valence-corrected chi connectivity index (χ0v) is 9.33. The molecule has 0 spiro atoms.